The van der Waals surface area contributed by atoms with E-state index < -0.39 is 29.0 Å². The molecule has 0 spiro atoms. The predicted octanol–water partition coefficient (Wildman–Crippen LogP) is 5.24. The SMILES string of the molecule is C=C(C)C1CCC2(C(=O)O)CCC3(C)C(CC(O)C4C5(C)CCC(O)C(C)(C=O)C5CCC43C)C12. The lowest BCUT2D eigenvalue weighted by atomic mass is 9.31. The molecule has 0 aromatic heterocycles. The van der Waals surface area contributed by atoms with Gasteiger partial charge in [-0.15, -0.1) is 0 Å². The Kier molecular flexibility index (Phi) is 5.57. The number of hydrogen-bond donors (Lipinski definition) is 3. The molecule has 0 heterocycles. The van der Waals surface area contributed by atoms with Gasteiger partial charge in [-0.1, -0.05) is 39.8 Å². The van der Waals surface area contributed by atoms with Gasteiger partial charge in [-0.3, -0.25) is 4.79 Å². The van der Waals surface area contributed by atoms with Crippen LogP contribution in [0.15, 0.2) is 12.2 Å². The summed E-state index contributed by atoms with van der Waals surface area (Å²) in [5.41, 5.74) is -0.876. The number of fused-ring (bicyclic) bond motifs is 7. The van der Waals surface area contributed by atoms with E-state index in [1.54, 1.807) is 0 Å². The lowest BCUT2D eigenvalue weighted by Gasteiger charge is -2.73. The Hall–Kier alpha value is -1.20. The van der Waals surface area contributed by atoms with Crippen molar-refractivity contribution >= 4 is 12.3 Å². The maximum absolute atomic E-state index is 12.8. The fourth-order valence-electron chi connectivity index (χ4n) is 11.5. The fraction of sp³-hybridized carbons (Fsp3) is 0.867. The monoisotopic (exact) mass is 486 g/mol. The summed E-state index contributed by atoms with van der Waals surface area (Å²) in [6, 6.07) is 0. The van der Waals surface area contributed by atoms with Crippen LogP contribution in [0.5, 0.6) is 0 Å². The summed E-state index contributed by atoms with van der Waals surface area (Å²) in [5, 5.41) is 33.3. The Morgan fingerprint density at radius 1 is 0.943 bits per heavy atom. The first-order chi connectivity index (χ1) is 16.2. The smallest absolute Gasteiger partial charge is 0.309 e. The van der Waals surface area contributed by atoms with Gasteiger partial charge in [-0.25, -0.2) is 0 Å². The fourth-order valence-corrected chi connectivity index (χ4v) is 11.5. The average Bonchev–Trinajstić information content (AvgIpc) is 3.19. The number of carbonyl (C=O) groups is 2. The maximum atomic E-state index is 12.8. The number of carboxylic acids is 1. The highest BCUT2D eigenvalue weighted by molar-refractivity contribution is 5.76. The van der Waals surface area contributed by atoms with Crippen LogP contribution >= 0.6 is 0 Å². The lowest BCUT2D eigenvalue weighted by molar-refractivity contribution is -0.274. The van der Waals surface area contributed by atoms with Crippen molar-refractivity contribution in [2.45, 2.75) is 105 Å². The van der Waals surface area contributed by atoms with Gasteiger partial charge < -0.3 is 20.1 Å². The lowest BCUT2D eigenvalue weighted by Crippen LogP contribution is -2.70. The second-order valence-electron chi connectivity index (χ2n) is 14.3. The van der Waals surface area contributed by atoms with Crippen molar-refractivity contribution in [1.29, 1.82) is 0 Å². The molecule has 5 rings (SSSR count). The van der Waals surface area contributed by atoms with Crippen LogP contribution in [0.1, 0.15) is 92.4 Å². The standard InChI is InChI=1S/C30H46O5/c1-17(2)18-7-12-30(25(34)35)14-13-28(5)19(23(18)30)15-20(32)24-26(3)10-9-22(33)27(4,16-31)21(26)8-11-29(24,28)6/h16,18-24,32-33H,1,7-15H2,2-6H3,(H,34,35). The molecule has 0 aliphatic heterocycles. The first kappa shape index (κ1) is 25.4. The minimum absolute atomic E-state index is 0.0163. The molecule has 0 aromatic rings. The van der Waals surface area contributed by atoms with Gasteiger partial charge in [0.1, 0.15) is 6.29 Å². The summed E-state index contributed by atoms with van der Waals surface area (Å²) in [6.07, 6.45) is 6.79. The second-order valence-corrected chi connectivity index (χ2v) is 14.3. The van der Waals surface area contributed by atoms with Crippen LogP contribution in [0.25, 0.3) is 0 Å². The number of hydrogen-bond acceptors (Lipinski definition) is 4. The molecular weight excluding hydrogens is 440 g/mol. The molecule has 5 aliphatic carbocycles. The maximum Gasteiger partial charge on any atom is 0.309 e. The highest BCUT2D eigenvalue weighted by atomic mass is 16.4. The molecule has 5 heteroatoms. The number of aliphatic carboxylic acids is 1. The zero-order valence-corrected chi connectivity index (χ0v) is 22.3. The molecule has 0 aromatic carbocycles. The van der Waals surface area contributed by atoms with Crippen molar-refractivity contribution in [3.05, 3.63) is 12.2 Å². The summed E-state index contributed by atoms with van der Waals surface area (Å²) in [4.78, 5) is 25.1. The summed E-state index contributed by atoms with van der Waals surface area (Å²) in [6.45, 7) is 15.3. The largest absolute Gasteiger partial charge is 0.481 e. The Morgan fingerprint density at radius 3 is 2.23 bits per heavy atom. The summed E-state index contributed by atoms with van der Waals surface area (Å²) in [5.74, 6) is -0.238. The first-order valence-electron chi connectivity index (χ1n) is 13.9. The molecule has 3 N–H and O–H groups in total. The van der Waals surface area contributed by atoms with Crippen LogP contribution in [0, 0.1) is 56.7 Å². The van der Waals surface area contributed by atoms with Crippen molar-refractivity contribution in [3.63, 3.8) is 0 Å². The minimum Gasteiger partial charge on any atom is -0.481 e. The summed E-state index contributed by atoms with van der Waals surface area (Å²) in [7, 11) is 0. The summed E-state index contributed by atoms with van der Waals surface area (Å²) >= 11 is 0. The third kappa shape index (κ3) is 2.89. The molecule has 5 saturated carbocycles. The van der Waals surface area contributed by atoms with Gasteiger partial charge in [0.15, 0.2) is 0 Å². The quantitative estimate of drug-likeness (QED) is 0.375. The molecule has 35 heavy (non-hydrogen) atoms. The van der Waals surface area contributed by atoms with Gasteiger partial charge in [0, 0.05) is 0 Å². The molecule has 5 fully saturated rings. The van der Waals surface area contributed by atoms with Crippen molar-refractivity contribution < 1.29 is 24.9 Å². The molecule has 5 nitrogen and oxygen atoms in total. The molecule has 12 atom stereocenters. The molecule has 0 saturated heterocycles. The zero-order valence-electron chi connectivity index (χ0n) is 22.3. The van der Waals surface area contributed by atoms with E-state index in [4.69, 9.17) is 0 Å². The topological polar surface area (TPSA) is 94.8 Å². The van der Waals surface area contributed by atoms with Gasteiger partial charge in [-0.05, 0) is 111 Å². The molecule has 0 bridgehead atoms. The van der Waals surface area contributed by atoms with Gasteiger partial charge in [0.05, 0.1) is 23.0 Å². The van der Waals surface area contributed by atoms with Gasteiger partial charge >= 0.3 is 5.97 Å². The Labute approximate surface area is 210 Å². The molecule has 12 unspecified atom stereocenters. The molecular formula is C30H46O5. The van der Waals surface area contributed by atoms with Crippen LogP contribution in [0.3, 0.4) is 0 Å². The van der Waals surface area contributed by atoms with Crippen LogP contribution in [-0.4, -0.2) is 39.8 Å². The van der Waals surface area contributed by atoms with E-state index >= 15 is 0 Å². The van der Waals surface area contributed by atoms with E-state index in [2.05, 4.69) is 34.3 Å². The third-order valence-corrected chi connectivity index (χ3v) is 13.4. The number of rotatable bonds is 3. The van der Waals surface area contributed by atoms with Crippen LogP contribution in [-0.2, 0) is 9.59 Å². The first-order valence-corrected chi connectivity index (χ1v) is 13.9. The van der Waals surface area contributed by atoms with Crippen molar-refractivity contribution in [3.8, 4) is 0 Å². The van der Waals surface area contributed by atoms with Crippen molar-refractivity contribution in [2.24, 2.45) is 56.7 Å². The van der Waals surface area contributed by atoms with Gasteiger partial charge in [0.2, 0.25) is 0 Å². The Morgan fingerprint density at radius 2 is 1.63 bits per heavy atom. The minimum atomic E-state index is -0.784. The second kappa shape index (κ2) is 7.66. The van der Waals surface area contributed by atoms with Gasteiger partial charge in [0.25, 0.3) is 0 Å². The predicted molar refractivity (Wildman–Crippen MR) is 134 cm³/mol. The van der Waals surface area contributed by atoms with Gasteiger partial charge in [-0.2, -0.15) is 0 Å². The number of carboxylic acid groups (broad SMARTS) is 1. The van der Waals surface area contributed by atoms with E-state index in [0.717, 1.165) is 44.0 Å². The normalized spacial score (nSPS) is 57.3. The van der Waals surface area contributed by atoms with E-state index in [9.17, 15) is 24.9 Å². The highest BCUT2D eigenvalue weighted by Crippen LogP contribution is 2.77. The van der Waals surface area contributed by atoms with E-state index in [0.29, 0.717) is 25.7 Å². The van der Waals surface area contributed by atoms with Crippen LogP contribution in [0.4, 0.5) is 0 Å². The zero-order chi connectivity index (χ0) is 25.8. The van der Waals surface area contributed by atoms with Crippen LogP contribution in [0.2, 0.25) is 0 Å². The average molecular weight is 487 g/mol. The van der Waals surface area contributed by atoms with E-state index in [-0.39, 0.29) is 45.8 Å². The Bertz CT molecular complexity index is 945. The van der Waals surface area contributed by atoms with Crippen molar-refractivity contribution in [2.75, 3.05) is 0 Å². The van der Waals surface area contributed by atoms with E-state index in [1.165, 1.54) is 0 Å². The van der Waals surface area contributed by atoms with E-state index in [1.807, 2.05) is 6.92 Å². The number of aldehydes is 1. The molecule has 0 radical (unpaired) electrons. The number of aliphatic hydroxyl groups excluding tert-OH is 2. The highest BCUT2D eigenvalue weighted by Gasteiger charge is 2.74. The molecule has 5 aliphatic rings. The number of carbonyl (C=O) groups excluding carboxylic acids is 1. The van der Waals surface area contributed by atoms with Crippen molar-refractivity contribution in [1.82, 2.24) is 0 Å². The Balaban J connectivity index is 1.61. The number of allylic oxidation sites excluding steroid dienone is 1. The summed E-state index contributed by atoms with van der Waals surface area (Å²) < 4.78 is 0. The molecule has 0 amide bonds. The van der Waals surface area contributed by atoms with Crippen LogP contribution < -0.4 is 0 Å². The third-order valence-electron chi connectivity index (χ3n) is 13.4. The molecule has 196 valence electrons. The number of aliphatic hydroxyl groups is 2.